The van der Waals surface area contributed by atoms with Gasteiger partial charge in [-0.3, -0.25) is 4.79 Å². The van der Waals surface area contributed by atoms with Crippen LogP contribution < -0.4 is 11.1 Å². The molecule has 0 aliphatic heterocycles. The summed E-state index contributed by atoms with van der Waals surface area (Å²) in [7, 11) is 1.48. The van der Waals surface area contributed by atoms with E-state index in [9.17, 15) is 4.79 Å². The smallest absolute Gasteiger partial charge is 0.250 e. The number of hydrogen-bond donors (Lipinski definition) is 2. The summed E-state index contributed by atoms with van der Waals surface area (Å²) in [4.78, 5) is 11.2. The van der Waals surface area contributed by atoms with Gasteiger partial charge in [-0.2, -0.15) is 11.8 Å². The Labute approximate surface area is 77.2 Å². The topological polar surface area (TPSA) is 64.3 Å². The van der Waals surface area contributed by atoms with Crippen LogP contribution in [0.2, 0.25) is 0 Å². The van der Waals surface area contributed by atoms with E-state index in [4.69, 9.17) is 10.5 Å². The molecule has 1 unspecified atom stereocenters. The van der Waals surface area contributed by atoms with Crippen molar-refractivity contribution in [1.82, 2.24) is 5.32 Å². The minimum absolute atomic E-state index is 0.131. The van der Waals surface area contributed by atoms with E-state index in [1.807, 2.05) is 6.26 Å². The fourth-order valence-corrected chi connectivity index (χ4v) is 1.01. The standard InChI is InChI=1S/C7H16N2O2S/c1-11-6(5-8)7(10)9-3-4-12-2/h6H,3-5,8H2,1-2H3,(H,9,10). The summed E-state index contributed by atoms with van der Waals surface area (Å²) in [5, 5.41) is 2.72. The second kappa shape index (κ2) is 7.39. The SMILES string of the molecule is COC(CN)C(=O)NCCSC. The summed E-state index contributed by atoms with van der Waals surface area (Å²) >= 11 is 1.68. The maximum Gasteiger partial charge on any atom is 0.250 e. The largest absolute Gasteiger partial charge is 0.370 e. The molecule has 5 heteroatoms. The second-order valence-electron chi connectivity index (χ2n) is 2.24. The van der Waals surface area contributed by atoms with Crippen LogP contribution in [0.4, 0.5) is 0 Å². The predicted molar refractivity (Wildman–Crippen MR) is 51.2 cm³/mol. The summed E-state index contributed by atoms with van der Waals surface area (Å²) in [6.45, 7) is 0.890. The van der Waals surface area contributed by atoms with Gasteiger partial charge in [-0.15, -0.1) is 0 Å². The van der Waals surface area contributed by atoms with E-state index in [1.165, 1.54) is 7.11 Å². The number of carbonyl (C=O) groups is 1. The molecule has 0 spiro atoms. The monoisotopic (exact) mass is 192 g/mol. The highest BCUT2D eigenvalue weighted by atomic mass is 32.2. The zero-order valence-electron chi connectivity index (χ0n) is 7.50. The molecule has 3 N–H and O–H groups in total. The maximum atomic E-state index is 11.2. The number of ether oxygens (including phenoxy) is 1. The van der Waals surface area contributed by atoms with Crippen molar-refractivity contribution in [2.75, 3.05) is 32.2 Å². The molecular weight excluding hydrogens is 176 g/mol. The minimum Gasteiger partial charge on any atom is -0.370 e. The van der Waals surface area contributed by atoms with Gasteiger partial charge in [0.15, 0.2) is 0 Å². The summed E-state index contributed by atoms with van der Waals surface area (Å²) < 4.78 is 4.85. The molecule has 0 rings (SSSR count). The predicted octanol–water partition coefficient (Wildman–Crippen LogP) is -0.561. The summed E-state index contributed by atoms with van der Waals surface area (Å²) in [6.07, 6.45) is 1.48. The Morgan fingerprint density at radius 2 is 2.42 bits per heavy atom. The molecule has 0 bridgehead atoms. The lowest BCUT2D eigenvalue weighted by molar-refractivity contribution is -0.130. The lowest BCUT2D eigenvalue weighted by atomic mass is 10.3. The molecule has 0 heterocycles. The third kappa shape index (κ3) is 4.58. The number of nitrogens with one attached hydrogen (secondary N) is 1. The van der Waals surface area contributed by atoms with Gasteiger partial charge in [0.05, 0.1) is 0 Å². The van der Waals surface area contributed by atoms with E-state index in [-0.39, 0.29) is 12.5 Å². The highest BCUT2D eigenvalue weighted by Gasteiger charge is 2.13. The number of methoxy groups -OCH3 is 1. The average Bonchev–Trinajstić information content (AvgIpc) is 2.07. The van der Waals surface area contributed by atoms with Crippen molar-refractivity contribution in [3.8, 4) is 0 Å². The van der Waals surface area contributed by atoms with Gasteiger partial charge in [0, 0.05) is 26.0 Å². The van der Waals surface area contributed by atoms with Crippen molar-refractivity contribution >= 4 is 17.7 Å². The van der Waals surface area contributed by atoms with Gasteiger partial charge < -0.3 is 15.8 Å². The summed E-state index contributed by atoms with van der Waals surface area (Å²) in [6, 6.07) is 0. The van der Waals surface area contributed by atoms with Gasteiger partial charge in [0.2, 0.25) is 5.91 Å². The molecule has 0 aromatic heterocycles. The van der Waals surface area contributed by atoms with Crippen molar-refractivity contribution in [3.63, 3.8) is 0 Å². The van der Waals surface area contributed by atoms with Crippen molar-refractivity contribution in [2.45, 2.75) is 6.10 Å². The highest BCUT2D eigenvalue weighted by Crippen LogP contribution is 1.89. The number of rotatable bonds is 6. The molecule has 0 aliphatic rings. The molecule has 0 aromatic rings. The fourth-order valence-electron chi connectivity index (χ4n) is 0.700. The van der Waals surface area contributed by atoms with Crippen LogP contribution in [-0.4, -0.2) is 44.2 Å². The lowest BCUT2D eigenvalue weighted by Gasteiger charge is -2.12. The fraction of sp³-hybridized carbons (Fsp3) is 0.857. The number of hydrogen-bond acceptors (Lipinski definition) is 4. The Morgan fingerprint density at radius 1 is 1.75 bits per heavy atom. The highest BCUT2D eigenvalue weighted by molar-refractivity contribution is 7.98. The van der Waals surface area contributed by atoms with Crippen LogP contribution in [0.3, 0.4) is 0 Å². The molecule has 1 amide bonds. The first-order valence-electron chi connectivity index (χ1n) is 3.75. The first-order valence-corrected chi connectivity index (χ1v) is 5.15. The summed E-state index contributed by atoms with van der Waals surface area (Å²) in [5.74, 6) is 0.779. The zero-order valence-corrected chi connectivity index (χ0v) is 8.32. The molecule has 0 aromatic carbocycles. The summed E-state index contributed by atoms with van der Waals surface area (Å²) in [5.41, 5.74) is 5.30. The van der Waals surface area contributed by atoms with Crippen molar-refractivity contribution in [2.24, 2.45) is 5.73 Å². The van der Waals surface area contributed by atoms with Crippen molar-refractivity contribution in [3.05, 3.63) is 0 Å². The third-order valence-electron chi connectivity index (χ3n) is 1.40. The molecule has 72 valence electrons. The van der Waals surface area contributed by atoms with E-state index in [1.54, 1.807) is 11.8 Å². The van der Waals surface area contributed by atoms with E-state index in [0.29, 0.717) is 6.54 Å². The number of thioether (sulfide) groups is 1. The van der Waals surface area contributed by atoms with Crippen LogP contribution >= 0.6 is 11.8 Å². The van der Waals surface area contributed by atoms with Crippen LogP contribution in [-0.2, 0) is 9.53 Å². The van der Waals surface area contributed by atoms with Gasteiger partial charge in [-0.05, 0) is 6.26 Å². The van der Waals surface area contributed by atoms with Gasteiger partial charge >= 0.3 is 0 Å². The zero-order chi connectivity index (χ0) is 9.40. The van der Waals surface area contributed by atoms with E-state index < -0.39 is 6.10 Å². The molecule has 0 radical (unpaired) electrons. The van der Waals surface area contributed by atoms with Gasteiger partial charge in [0.25, 0.3) is 0 Å². The Bertz CT molecular complexity index is 129. The Morgan fingerprint density at radius 3 is 2.83 bits per heavy atom. The Hall–Kier alpha value is -0.260. The molecule has 12 heavy (non-hydrogen) atoms. The lowest BCUT2D eigenvalue weighted by Crippen LogP contribution is -2.41. The molecule has 0 aliphatic carbocycles. The first kappa shape index (κ1) is 11.7. The Balaban J connectivity index is 3.54. The maximum absolute atomic E-state index is 11.2. The quantitative estimate of drug-likeness (QED) is 0.554. The molecule has 1 atom stereocenters. The van der Waals surface area contributed by atoms with E-state index >= 15 is 0 Å². The molecule has 0 saturated heterocycles. The number of carbonyl (C=O) groups excluding carboxylic acids is 1. The third-order valence-corrected chi connectivity index (χ3v) is 2.01. The van der Waals surface area contributed by atoms with Crippen LogP contribution in [0, 0.1) is 0 Å². The van der Waals surface area contributed by atoms with E-state index in [2.05, 4.69) is 5.32 Å². The number of amides is 1. The number of nitrogens with two attached hydrogens (primary N) is 1. The van der Waals surface area contributed by atoms with Crippen LogP contribution in [0.25, 0.3) is 0 Å². The minimum atomic E-state index is -0.508. The molecule has 4 nitrogen and oxygen atoms in total. The first-order chi connectivity index (χ1) is 5.76. The Kier molecular flexibility index (Phi) is 7.23. The second-order valence-corrected chi connectivity index (χ2v) is 3.23. The van der Waals surface area contributed by atoms with Crippen molar-refractivity contribution < 1.29 is 9.53 Å². The van der Waals surface area contributed by atoms with Crippen molar-refractivity contribution in [1.29, 1.82) is 0 Å². The van der Waals surface area contributed by atoms with Gasteiger partial charge in [-0.25, -0.2) is 0 Å². The van der Waals surface area contributed by atoms with Crippen LogP contribution in [0.1, 0.15) is 0 Å². The molecular formula is C7H16N2O2S. The van der Waals surface area contributed by atoms with Crippen LogP contribution in [0.5, 0.6) is 0 Å². The molecule has 0 saturated carbocycles. The average molecular weight is 192 g/mol. The normalized spacial score (nSPS) is 12.6. The van der Waals surface area contributed by atoms with E-state index in [0.717, 1.165) is 5.75 Å². The van der Waals surface area contributed by atoms with Gasteiger partial charge in [-0.1, -0.05) is 0 Å². The van der Waals surface area contributed by atoms with Crippen LogP contribution in [0.15, 0.2) is 0 Å². The van der Waals surface area contributed by atoms with Gasteiger partial charge in [0.1, 0.15) is 6.10 Å². The molecule has 0 fully saturated rings.